The molecule has 2 aromatic rings. The van der Waals surface area contributed by atoms with Crippen molar-refractivity contribution in [2.45, 2.75) is 223 Å². The van der Waals surface area contributed by atoms with Crippen LogP contribution in [0.3, 0.4) is 0 Å². The molecule has 41 nitrogen and oxygen atoms in total. The molecule has 15 amide bonds. The van der Waals surface area contributed by atoms with Crippen molar-refractivity contribution in [3.63, 3.8) is 0 Å². The number of thiol groups is 1. The number of amides is 15. The number of nitrogens with one attached hydrogen (secondary N) is 15. The molecule has 0 heterocycles. The molecular formula is C74H120N18O23S. The minimum atomic E-state index is -1.81. The quantitative estimate of drug-likeness (QED) is 0.0216. The van der Waals surface area contributed by atoms with Crippen LogP contribution in [0, 0.1) is 17.8 Å². The van der Waals surface area contributed by atoms with Crippen LogP contribution in [0.1, 0.15) is 125 Å². The van der Waals surface area contributed by atoms with E-state index in [0.717, 1.165) is 6.92 Å². The molecule has 42 heteroatoms. The lowest BCUT2D eigenvalue weighted by Crippen LogP contribution is -2.62. The number of carboxylic acids is 1. The fourth-order valence-electron chi connectivity index (χ4n) is 11.1. The van der Waals surface area contributed by atoms with Gasteiger partial charge in [-0.25, -0.2) is 4.79 Å². The minimum absolute atomic E-state index is 0.00593. The number of hydrogen-bond acceptors (Lipinski definition) is 26. The van der Waals surface area contributed by atoms with Gasteiger partial charge in [-0.3, -0.25) is 71.9 Å². The number of carbonyl (C=O) groups excluding carboxylic acids is 15. The van der Waals surface area contributed by atoms with E-state index < -0.39 is 242 Å². The highest BCUT2D eigenvalue weighted by atomic mass is 32.1. The molecule has 17 atom stereocenters. The number of rotatable bonds is 54. The molecule has 0 saturated carbocycles. The standard InChI is InChI=1S/C74H120N18O23S/c1-10-39(6)58(72(112)84-50(29-43-18-12-11-13-19-43)67(107)92-59(42(9)97)73(113)88-54(35-96)74(114)115)91-66(106)49(30-44-22-24-45(98)25-23-44)80-56(99)31-78-62(102)51(32-93)86-61(101)41(8)79-63(103)46(20-14-16-26-75)81-70(110)55(36-116)89-68(108)52(33-94)87-65(105)48(28-37(2)3)83-64(104)47(21-15-17-27-76)82-71(111)57(38(4)5)90-69(109)53(34-95)85-60(100)40(7)77/h11-13,18-19,22-25,37-42,46-55,57-59,93-98,116H,10,14-17,20-21,26-36,75-77H2,1-9H3,(H,78,102)(H,79,103)(H,80,99)(H,81,110)(H,82,111)(H,83,104)(H,84,112)(H,85,100)(H,86,101)(H,87,105)(H,88,113)(H,89,108)(H,90,109)(H,91,106)(H,92,107)(H,114,115)/t39-,40-,41-,42+,46-,47-,48-,49-,50-,51-,52-,53-,54-,55-,57-,58-,59-/m0/s1. The highest BCUT2D eigenvalue weighted by Crippen LogP contribution is 2.17. The summed E-state index contributed by atoms with van der Waals surface area (Å²) in [5.74, 6) is -18.6. The minimum Gasteiger partial charge on any atom is -0.508 e. The molecule has 2 rings (SSSR count). The molecule has 0 aliphatic carbocycles. The lowest BCUT2D eigenvalue weighted by Gasteiger charge is -2.29. The maximum atomic E-state index is 14.4. The lowest BCUT2D eigenvalue weighted by atomic mass is 9.96. The average Bonchev–Trinajstić information content (AvgIpc) is 0.844. The van der Waals surface area contributed by atoms with Gasteiger partial charge < -0.3 is 133 Å². The van der Waals surface area contributed by atoms with E-state index in [1.807, 2.05) is 5.32 Å². The van der Waals surface area contributed by atoms with Crippen molar-refractivity contribution in [2.24, 2.45) is 35.0 Å². The Morgan fingerprint density at radius 3 is 1.27 bits per heavy atom. The van der Waals surface area contributed by atoms with Gasteiger partial charge in [0.05, 0.1) is 45.1 Å². The molecule has 0 fully saturated rings. The Bertz CT molecular complexity index is 3570. The van der Waals surface area contributed by atoms with E-state index in [-0.39, 0.29) is 69.7 Å². The number of aliphatic hydroxyl groups is 5. The zero-order valence-electron chi connectivity index (χ0n) is 66.7. The van der Waals surface area contributed by atoms with Gasteiger partial charge in [0.2, 0.25) is 88.6 Å². The van der Waals surface area contributed by atoms with E-state index in [4.69, 9.17) is 17.2 Å². The highest BCUT2D eigenvalue weighted by molar-refractivity contribution is 7.80. The number of aromatic hydroxyl groups is 1. The van der Waals surface area contributed by atoms with Gasteiger partial charge in [-0.05, 0) is 120 Å². The maximum absolute atomic E-state index is 14.4. The summed E-state index contributed by atoms with van der Waals surface area (Å²) < 4.78 is 0. The number of hydrogen-bond donors (Lipinski definition) is 26. The van der Waals surface area contributed by atoms with Crippen molar-refractivity contribution >= 4 is 107 Å². The number of benzene rings is 2. The van der Waals surface area contributed by atoms with Crippen LogP contribution < -0.4 is 97.0 Å². The van der Waals surface area contributed by atoms with Crippen LogP contribution in [0.15, 0.2) is 54.6 Å². The maximum Gasteiger partial charge on any atom is 0.328 e. The third-order valence-electron chi connectivity index (χ3n) is 18.2. The van der Waals surface area contributed by atoms with Gasteiger partial charge in [0, 0.05) is 18.6 Å². The van der Waals surface area contributed by atoms with Crippen molar-refractivity contribution in [1.29, 1.82) is 0 Å². The largest absolute Gasteiger partial charge is 0.508 e. The predicted molar refractivity (Wildman–Crippen MR) is 422 cm³/mol. The first-order chi connectivity index (χ1) is 54.7. The number of phenolic OH excluding ortho intramolecular Hbond substituents is 1. The Morgan fingerprint density at radius 2 is 0.784 bits per heavy atom. The molecular weight excluding hydrogens is 1540 g/mol. The molecule has 2 aromatic carbocycles. The van der Waals surface area contributed by atoms with E-state index in [1.54, 1.807) is 71.9 Å². The summed E-state index contributed by atoms with van der Waals surface area (Å²) in [4.78, 5) is 218. The van der Waals surface area contributed by atoms with Gasteiger partial charge in [0.1, 0.15) is 90.3 Å². The van der Waals surface area contributed by atoms with Crippen molar-refractivity contribution in [1.82, 2.24) is 79.8 Å². The third kappa shape index (κ3) is 35.9. The molecule has 0 bridgehead atoms. The van der Waals surface area contributed by atoms with Crippen LogP contribution in [0.4, 0.5) is 0 Å². The smallest absolute Gasteiger partial charge is 0.328 e. The number of aliphatic carboxylic acids is 1. The second-order valence-electron chi connectivity index (χ2n) is 28.7. The molecule has 0 saturated heterocycles. The van der Waals surface area contributed by atoms with Crippen LogP contribution in [-0.4, -0.2) is 279 Å². The molecule has 0 aromatic heterocycles. The number of nitrogens with two attached hydrogens (primary N) is 3. The van der Waals surface area contributed by atoms with E-state index in [0.29, 0.717) is 30.4 Å². The first-order valence-corrected chi connectivity index (χ1v) is 38.8. The molecule has 0 aliphatic rings. The zero-order chi connectivity index (χ0) is 87.6. The van der Waals surface area contributed by atoms with Crippen molar-refractivity contribution < 1.29 is 112 Å². The van der Waals surface area contributed by atoms with Crippen molar-refractivity contribution in [2.75, 3.05) is 51.8 Å². The summed E-state index contributed by atoms with van der Waals surface area (Å²) >= 11 is 4.22. The zero-order valence-corrected chi connectivity index (χ0v) is 67.6. The first-order valence-electron chi connectivity index (χ1n) is 38.2. The van der Waals surface area contributed by atoms with E-state index in [9.17, 15) is 112 Å². The summed E-state index contributed by atoms with van der Waals surface area (Å²) in [6.07, 6.45) is -0.779. The van der Waals surface area contributed by atoms with Crippen LogP contribution in [0.25, 0.3) is 0 Å². The van der Waals surface area contributed by atoms with Crippen LogP contribution in [0.5, 0.6) is 5.75 Å². The summed E-state index contributed by atoms with van der Waals surface area (Å²) in [5.41, 5.74) is 17.9. The van der Waals surface area contributed by atoms with Crippen LogP contribution in [-0.2, 0) is 89.6 Å². The Morgan fingerprint density at radius 1 is 0.405 bits per heavy atom. The molecule has 650 valence electrons. The topological polar surface area (TPSA) is 673 Å². The lowest BCUT2D eigenvalue weighted by molar-refractivity contribution is -0.144. The second kappa shape index (κ2) is 53.1. The Kier molecular flexibility index (Phi) is 46.6. The summed E-state index contributed by atoms with van der Waals surface area (Å²) in [6.45, 7) is 9.03. The SMILES string of the molecule is CC[C@H](C)[C@H](NC(=O)[C@H](Cc1ccc(O)cc1)NC(=O)CNC(=O)[C@H](CO)NC(=O)[C@H](C)NC(=O)[C@H](CCCCN)NC(=O)[C@H](CS)NC(=O)[C@H](CO)NC(=O)[C@H](CC(C)C)NC(=O)[C@H](CCCCN)NC(=O)[C@@H](NC(=O)[C@H](CO)NC(=O)[C@H](C)N)C(C)C)C(=O)N[C@@H](Cc1ccccc1)C(=O)N[C@H](C(=O)N[C@@H](CO)C(=O)O)[C@@H](C)O. The van der Waals surface area contributed by atoms with Gasteiger partial charge in [0.15, 0.2) is 0 Å². The normalized spacial score (nSPS) is 15.6. The number of carbonyl (C=O) groups is 16. The van der Waals surface area contributed by atoms with Crippen molar-refractivity contribution in [3.05, 3.63) is 65.7 Å². The highest BCUT2D eigenvalue weighted by Gasteiger charge is 2.39. The fourth-order valence-corrected chi connectivity index (χ4v) is 11.4. The van der Waals surface area contributed by atoms with E-state index in [2.05, 4.69) is 87.1 Å². The van der Waals surface area contributed by atoms with E-state index >= 15 is 0 Å². The molecule has 0 radical (unpaired) electrons. The van der Waals surface area contributed by atoms with Gasteiger partial charge >= 0.3 is 5.97 Å². The summed E-state index contributed by atoms with van der Waals surface area (Å²) in [5, 5.41) is 106. The second-order valence-corrected chi connectivity index (χ2v) is 29.1. The first kappa shape index (κ1) is 102. The monoisotopic (exact) mass is 1660 g/mol. The molecule has 28 N–H and O–H groups in total. The summed E-state index contributed by atoms with van der Waals surface area (Å²) in [7, 11) is 0. The van der Waals surface area contributed by atoms with Gasteiger partial charge in [-0.2, -0.15) is 12.6 Å². The average molecular weight is 1660 g/mol. The van der Waals surface area contributed by atoms with Crippen molar-refractivity contribution in [3.8, 4) is 5.75 Å². The molecule has 0 unspecified atom stereocenters. The number of phenols is 1. The molecule has 0 spiro atoms. The number of aliphatic hydroxyl groups excluding tert-OH is 5. The Balaban J connectivity index is 2.30. The van der Waals surface area contributed by atoms with Gasteiger partial charge in [-0.1, -0.05) is 90.4 Å². The number of carboxylic acid groups (broad SMARTS) is 1. The van der Waals surface area contributed by atoms with Crippen LogP contribution >= 0.6 is 12.6 Å². The predicted octanol–water partition coefficient (Wildman–Crippen LogP) is -8.18. The van der Waals surface area contributed by atoms with Crippen LogP contribution in [0.2, 0.25) is 0 Å². The third-order valence-corrected chi connectivity index (χ3v) is 18.6. The number of unbranched alkanes of at least 4 members (excludes halogenated alkanes) is 2. The Labute approximate surface area is 678 Å². The van der Waals surface area contributed by atoms with Gasteiger partial charge in [0.25, 0.3) is 0 Å². The van der Waals surface area contributed by atoms with Gasteiger partial charge in [-0.15, -0.1) is 0 Å². The fraction of sp³-hybridized carbons (Fsp3) is 0.622. The van der Waals surface area contributed by atoms with E-state index in [1.165, 1.54) is 38.1 Å². The molecule has 0 aliphatic heterocycles. The molecule has 116 heavy (non-hydrogen) atoms. The Hall–Kier alpha value is -10.2. The summed E-state index contributed by atoms with van der Waals surface area (Å²) in [6, 6.07) is -9.16.